The van der Waals surface area contributed by atoms with Crippen LogP contribution in [0, 0.1) is 10.8 Å². The number of benzene rings is 2. The summed E-state index contributed by atoms with van der Waals surface area (Å²) >= 11 is 0. The van der Waals surface area contributed by atoms with Crippen molar-refractivity contribution < 1.29 is 9.59 Å². The Hall–Kier alpha value is -3.48. The lowest BCUT2D eigenvalue weighted by molar-refractivity contribution is 0.0945. The van der Waals surface area contributed by atoms with Gasteiger partial charge in [0.05, 0.1) is 0 Å². The summed E-state index contributed by atoms with van der Waals surface area (Å²) in [7, 11) is 0. The summed E-state index contributed by atoms with van der Waals surface area (Å²) in [6, 6.07) is 13.7. The molecule has 0 heterocycles. The van der Waals surface area contributed by atoms with Crippen LogP contribution in [-0.4, -0.2) is 36.5 Å². The van der Waals surface area contributed by atoms with Crippen molar-refractivity contribution in [3.05, 3.63) is 70.8 Å². The second-order valence-electron chi connectivity index (χ2n) is 7.47. The largest absolute Gasteiger partial charge is 0.384 e. The number of hydrogen-bond acceptors (Lipinski definition) is 4. The van der Waals surface area contributed by atoms with Crippen LogP contribution < -0.4 is 16.4 Å². The molecule has 0 atom stereocenters. The van der Waals surface area contributed by atoms with E-state index in [0.717, 1.165) is 37.7 Å². The van der Waals surface area contributed by atoms with Gasteiger partial charge in [-0.1, -0.05) is 43.5 Å². The predicted octanol–water partition coefficient (Wildman–Crippen LogP) is 3.47. The molecule has 0 aliphatic carbocycles. The minimum absolute atomic E-state index is 0.0145. The van der Waals surface area contributed by atoms with Crippen molar-refractivity contribution >= 4 is 23.4 Å². The molecule has 31 heavy (non-hydrogen) atoms. The van der Waals surface area contributed by atoms with Crippen molar-refractivity contribution in [1.29, 1.82) is 10.8 Å². The van der Waals surface area contributed by atoms with E-state index in [0.29, 0.717) is 35.5 Å². The van der Waals surface area contributed by atoms with Gasteiger partial charge in [-0.05, 0) is 49.6 Å². The van der Waals surface area contributed by atoms with E-state index in [1.54, 1.807) is 55.5 Å². The topological polar surface area (TPSA) is 132 Å². The minimum Gasteiger partial charge on any atom is -0.384 e. The highest BCUT2D eigenvalue weighted by Gasteiger charge is 2.06. The van der Waals surface area contributed by atoms with Gasteiger partial charge >= 0.3 is 0 Å². The first kappa shape index (κ1) is 23.8. The Morgan fingerprint density at radius 2 is 1.03 bits per heavy atom. The Morgan fingerprint density at radius 1 is 0.677 bits per heavy atom. The summed E-state index contributed by atoms with van der Waals surface area (Å²) < 4.78 is 0. The summed E-state index contributed by atoms with van der Waals surface area (Å²) in [5.41, 5.74) is 8.47. The van der Waals surface area contributed by atoms with Gasteiger partial charge < -0.3 is 21.8 Å². The van der Waals surface area contributed by atoms with Crippen LogP contribution in [0.25, 0.3) is 0 Å². The second-order valence-corrected chi connectivity index (χ2v) is 7.47. The molecule has 0 saturated heterocycles. The SMILES string of the molecule is CC(=N)c1ccc(C(=O)NCCCCCCCNC(=O)c2ccc(C(=N)N)cc2)cc1. The molecule has 0 bridgehead atoms. The normalized spacial score (nSPS) is 10.4. The Labute approximate surface area is 183 Å². The molecular weight excluding hydrogens is 390 g/mol. The van der Waals surface area contributed by atoms with E-state index >= 15 is 0 Å². The van der Waals surface area contributed by atoms with E-state index in [9.17, 15) is 9.59 Å². The molecule has 164 valence electrons. The maximum absolute atomic E-state index is 12.1. The Morgan fingerprint density at radius 3 is 1.42 bits per heavy atom. The van der Waals surface area contributed by atoms with Crippen LogP contribution in [-0.2, 0) is 0 Å². The Kier molecular flexibility index (Phi) is 9.42. The van der Waals surface area contributed by atoms with Crippen molar-refractivity contribution in [2.45, 2.75) is 39.0 Å². The van der Waals surface area contributed by atoms with Gasteiger partial charge in [0.15, 0.2) is 0 Å². The molecule has 0 fully saturated rings. The number of nitrogens with two attached hydrogens (primary N) is 1. The van der Waals surface area contributed by atoms with Crippen LogP contribution in [0.15, 0.2) is 48.5 Å². The number of unbranched alkanes of at least 4 members (excludes halogenated alkanes) is 4. The van der Waals surface area contributed by atoms with E-state index in [2.05, 4.69) is 10.6 Å². The lowest BCUT2D eigenvalue weighted by Crippen LogP contribution is -2.25. The highest BCUT2D eigenvalue weighted by molar-refractivity contribution is 5.99. The molecule has 7 heteroatoms. The molecular formula is C24H31N5O2. The number of carbonyl (C=O) groups excluding carboxylic acids is 2. The highest BCUT2D eigenvalue weighted by Crippen LogP contribution is 2.07. The molecule has 0 saturated carbocycles. The van der Waals surface area contributed by atoms with Gasteiger partial charge in [-0.3, -0.25) is 15.0 Å². The molecule has 0 aliphatic rings. The number of hydrogen-bond donors (Lipinski definition) is 5. The van der Waals surface area contributed by atoms with Gasteiger partial charge in [0.25, 0.3) is 11.8 Å². The summed E-state index contributed by atoms with van der Waals surface area (Å²) in [5.74, 6) is -0.228. The second kappa shape index (κ2) is 12.3. The fraction of sp³-hybridized carbons (Fsp3) is 0.333. The number of amides is 2. The molecule has 0 aliphatic heterocycles. The van der Waals surface area contributed by atoms with Gasteiger partial charge in [-0.25, -0.2) is 0 Å². The number of amidine groups is 1. The molecule has 0 spiro atoms. The van der Waals surface area contributed by atoms with Crippen molar-refractivity contribution in [3.8, 4) is 0 Å². The van der Waals surface area contributed by atoms with E-state index in [4.69, 9.17) is 16.6 Å². The number of carbonyl (C=O) groups is 2. The number of nitrogen functional groups attached to an aromatic ring is 1. The van der Waals surface area contributed by atoms with E-state index < -0.39 is 0 Å². The number of nitrogens with one attached hydrogen (secondary N) is 4. The first-order chi connectivity index (χ1) is 14.9. The average molecular weight is 422 g/mol. The molecule has 2 aromatic rings. The maximum atomic E-state index is 12.1. The maximum Gasteiger partial charge on any atom is 0.251 e. The van der Waals surface area contributed by atoms with Crippen molar-refractivity contribution in [2.24, 2.45) is 5.73 Å². The fourth-order valence-electron chi connectivity index (χ4n) is 3.06. The van der Waals surface area contributed by atoms with Gasteiger partial charge in [-0.15, -0.1) is 0 Å². The lowest BCUT2D eigenvalue weighted by atomic mass is 10.1. The van der Waals surface area contributed by atoms with Crippen molar-refractivity contribution in [3.63, 3.8) is 0 Å². The lowest BCUT2D eigenvalue weighted by Gasteiger charge is -2.07. The average Bonchev–Trinajstić information content (AvgIpc) is 2.77. The van der Waals surface area contributed by atoms with Crippen LogP contribution >= 0.6 is 0 Å². The monoisotopic (exact) mass is 421 g/mol. The molecule has 2 amide bonds. The van der Waals surface area contributed by atoms with Crippen LogP contribution in [0.2, 0.25) is 0 Å². The van der Waals surface area contributed by atoms with Gasteiger partial charge in [0.1, 0.15) is 5.84 Å². The third kappa shape index (κ3) is 8.04. The smallest absolute Gasteiger partial charge is 0.251 e. The van der Waals surface area contributed by atoms with E-state index in [1.807, 2.05) is 0 Å². The van der Waals surface area contributed by atoms with Gasteiger partial charge in [-0.2, -0.15) is 0 Å². The summed E-state index contributed by atoms with van der Waals surface area (Å²) in [5, 5.41) is 20.8. The van der Waals surface area contributed by atoms with Crippen molar-refractivity contribution in [2.75, 3.05) is 13.1 Å². The quantitative estimate of drug-likeness (QED) is 0.204. The predicted molar refractivity (Wildman–Crippen MR) is 124 cm³/mol. The molecule has 2 aromatic carbocycles. The van der Waals surface area contributed by atoms with Crippen LogP contribution in [0.3, 0.4) is 0 Å². The fourth-order valence-corrected chi connectivity index (χ4v) is 3.06. The minimum atomic E-state index is -0.123. The zero-order chi connectivity index (χ0) is 22.6. The van der Waals surface area contributed by atoms with Crippen LogP contribution in [0.4, 0.5) is 0 Å². The molecule has 0 aromatic heterocycles. The first-order valence-electron chi connectivity index (χ1n) is 10.5. The van der Waals surface area contributed by atoms with E-state index in [-0.39, 0.29) is 17.6 Å². The third-order valence-electron chi connectivity index (χ3n) is 4.96. The molecule has 2 rings (SSSR count). The Bertz CT molecular complexity index is 829. The van der Waals surface area contributed by atoms with Crippen LogP contribution in [0.1, 0.15) is 70.9 Å². The third-order valence-corrected chi connectivity index (χ3v) is 4.96. The van der Waals surface area contributed by atoms with Crippen LogP contribution in [0.5, 0.6) is 0 Å². The van der Waals surface area contributed by atoms with Gasteiger partial charge in [0, 0.05) is 35.5 Å². The standard InChI is InChI=1S/C24H31N5O2/c1-17(25)18-7-11-20(12-8-18)23(30)28-15-5-3-2-4-6-16-29-24(31)21-13-9-19(10-14-21)22(26)27/h7-14,25H,2-6,15-16H2,1H3,(H3,26,27)(H,28,30)(H,29,31). The highest BCUT2D eigenvalue weighted by atomic mass is 16.2. The summed E-state index contributed by atoms with van der Waals surface area (Å²) in [4.78, 5) is 24.2. The first-order valence-corrected chi connectivity index (χ1v) is 10.5. The molecule has 6 N–H and O–H groups in total. The van der Waals surface area contributed by atoms with Crippen molar-refractivity contribution in [1.82, 2.24) is 10.6 Å². The molecule has 0 unspecified atom stereocenters. The van der Waals surface area contributed by atoms with Gasteiger partial charge in [0.2, 0.25) is 0 Å². The molecule has 7 nitrogen and oxygen atoms in total. The number of rotatable bonds is 12. The summed E-state index contributed by atoms with van der Waals surface area (Å²) in [6.45, 7) is 2.98. The molecule has 0 radical (unpaired) electrons. The zero-order valence-electron chi connectivity index (χ0n) is 18.0. The van der Waals surface area contributed by atoms with E-state index in [1.165, 1.54) is 0 Å². The Balaban J connectivity index is 1.52. The summed E-state index contributed by atoms with van der Waals surface area (Å²) in [6.07, 6.45) is 4.90. The zero-order valence-corrected chi connectivity index (χ0v) is 18.0.